The van der Waals surface area contributed by atoms with Crippen molar-refractivity contribution in [3.05, 3.63) is 47.0 Å². The summed E-state index contributed by atoms with van der Waals surface area (Å²) in [4.78, 5) is 28.5. The van der Waals surface area contributed by atoms with E-state index in [4.69, 9.17) is 35.7 Å². The van der Waals surface area contributed by atoms with Crippen molar-refractivity contribution < 1.29 is 33.6 Å². The average molecular weight is 517 g/mol. The smallest absolute Gasteiger partial charge is 0.303 e. The first kappa shape index (κ1) is 27.1. The van der Waals surface area contributed by atoms with Crippen LogP contribution in [0.15, 0.2) is 36.4 Å². The van der Waals surface area contributed by atoms with Gasteiger partial charge in [-0.3, -0.25) is 14.5 Å². The van der Waals surface area contributed by atoms with Crippen molar-refractivity contribution in [1.82, 2.24) is 5.32 Å². The molecular formula is C26H29ClN2O7. The number of amides is 2. The summed E-state index contributed by atoms with van der Waals surface area (Å²) in [6.07, 6.45) is 0.462. The highest BCUT2D eigenvalue weighted by molar-refractivity contribution is 6.32. The van der Waals surface area contributed by atoms with Crippen LogP contribution in [0.1, 0.15) is 18.4 Å². The van der Waals surface area contributed by atoms with E-state index in [-0.39, 0.29) is 43.5 Å². The summed E-state index contributed by atoms with van der Waals surface area (Å²) >= 11 is 6.36. The van der Waals surface area contributed by atoms with Gasteiger partial charge in [0.15, 0.2) is 0 Å². The molecule has 2 aromatic rings. The van der Waals surface area contributed by atoms with Crippen molar-refractivity contribution in [2.75, 3.05) is 46.0 Å². The summed E-state index contributed by atoms with van der Waals surface area (Å²) in [5, 5.41) is 12.4. The van der Waals surface area contributed by atoms with Gasteiger partial charge in [-0.1, -0.05) is 17.5 Å². The molecule has 0 atom stereocenters. The van der Waals surface area contributed by atoms with Crippen LogP contribution in [-0.2, 0) is 20.9 Å². The minimum Gasteiger partial charge on any atom is -0.497 e. The average Bonchev–Trinajstić information content (AvgIpc) is 2.91. The highest BCUT2D eigenvalue weighted by atomic mass is 35.5. The van der Waals surface area contributed by atoms with Crippen LogP contribution in [0.2, 0.25) is 5.02 Å². The van der Waals surface area contributed by atoms with Crippen molar-refractivity contribution in [2.45, 2.75) is 24.9 Å². The summed E-state index contributed by atoms with van der Waals surface area (Å²) in [6, 6.07) is 10.1. The van der Waals surface area contributed by atoms with Crippen LogP contribution >= 0.6 is 11.6 Å². The lowest BCUT2D eigenvalue weighted by Crippen LogP contribution is -2.63. The number of halogens is 1. The van der Waals surface area contributed by atoms with Crippen LogP contribution in [0, 0.1) is 11.8 Å². The third-order valence-corrected chi connectivity index (χ3v) is 6.27. The van der Waals surface area contributed by atoms with Crippen LogP contribution in [0.25, 0.3) is 0 Å². The fourth-order valence-corrected chi connectivity index (χ4v) is 4.38. The van der Waals surface area contributed by atoms with E-state index in [1.165, 1.54) is 19.1 Å². The number of aliphatic hydroxyl groups is 1. The summed E-state index contributed by atoms with van der Waals surface area (Å²) < 4.78 is 21.4. The number of hydrogen-bond donors (Lipinski definition) is 2. The Morgan fingerprint density at radius 2 is 1.81 bits per heavy atom. The Labute approximate surface area is 215 Å². The Kier molecular flexibility index (Phi) is 9.42. The Balaban J connectivity index is 2.01. The Hall–Kier alpha value is -3.45. The van der Waals surface area contributed by atoms with Gasteiger partial charge in [0.2, 0.25) is 5.91 Å². The van der Waals surface area contributed by atoms with E-state index in [0.29, 0.717) is 22.9 Å². The highest BCUT2D eigenvalue weighted by Gasteiger charge is 2.48. The molecule has 0 bridgehead atoms. The molecule has 2 amide bonds. The number of benzene rings is 2. The SMILES string of the molecule is COc1ccc(CNC(=O)C2(N(C(=O)C#CCO)c3ccc(OC)c(Cl)c3)CCOCC2)c(OC)c1. The first-order valence-electron chi connectivity index (χ1n) is 11.2. The molecule has 1 aliphatic heterocycles. The third kappa shape index (κ3) is 5.85. The van der Waals surface area contributed by atoms with Crippen LogP contribution in [-0.4, -0.2) is 63.6 Å². The lowest BCUT2D eigenvalue weighted by atomic mass is 9.85. The molecule has 1 fully saturated rings. The molecule has 1 aliphatic rings. The number of aliphatic hydroxyl groups excluding tert-OH is 1. The molecule has 192 valence electrons. The number of ether oxygens (including phenoxy) is 4. The van der Waals surface area contributed by atoms with Crippen LogP contribution in [0.5, 0.6) is 17.2 Å². The number of anilines is 1. The van der Waals surface area contributed by atoms with E-state index >= 15 is 0 Å². The maximum Gasteiger partial charge on any atom is 0.303 e. The van der Waals surface area contributed by atoms with Gasteiger partial charge >= 0.3 is 5.91 Å². The summed E-state index contributed by atoms with van der Waals surface area (Å²) in [7, 11) is 4.58. The lowest BCUT2D eigenvalue weighted by Gasteiger charge is -2.44. The summed E-state index contributed by atoms with van der Waals surface area (Å²) in [5.41, 5.74) is -0.201. The molecule has 9 nitrogen and oxygen atoms in total. The highest BCUT2D eigenvalue weighted by Crippen LogP contribution is 2.37. The van der Waals surface area contributed by atoms with Gasteiger partial charge in [0.25, 0.3) is 0 Å². The number of rotatable bonds is 8. The fraction of sp³-hybridized carbons (Fsp3) is 0.385. The van der Waals surface area contributed by atoms with Gasteiger partial charge < -0.3 is 29.4 Å². The van der Waals surface area contributed by atoms with Gasteiger partial charge in [-0.05, 0) is 36.3 Å². The second kappa shape index (κ2) is 12.5. The second-order valence-electron chi connectivity index (χ2n) is 7.92. The molecule has 2 aromatic carbocycles. The summed E-state index contributed by atoms with van der Waals surface area (Å²) in [5.74, 6) is 5.37. The van der Waals surface area contributed by atoms with Crippen molar-refractivity contribution in [3.63, 3.8) is 0 Å². The fourth-order valence-electron chi connectivity index (χ4n) is 4.12. The molecular weight excluding hydrogens is 488 g/mol. The van der Waals surface area contributed by atoms with E-state index in [1.807, 2.05) is 0 Å². The number of carbonyl (C=O) groups is 2. The van der Waals surface area contributed by atoms with Gasteiger partial charge in [-0.2, -0.15) is 0 Å². The van der Waals surface area contributed by atoms with Gasteiger partial charge in [0.05, 0.1) is 26.4 Å². The molecule has 0 aliphatic carbocycles. The number of methoxy groups -OCH3 is 3. The van der Waals surface area contributed by atoms with Crippen LogP contribution in [0.4, 0.5) is 5.69 Å². The first-order chi connectivity index (χ1) is 17.4. The second-order valence-corrected chi connectivity index (χ2v) is 8.33. The number of hydrogen-bond acceptors (Lipinski definition) is 7. The quantitative estimate of drug-likeness (QED) is 0.519. The molecule has 2 N–H and O–H groups in total. The Morgan fingerprint density at radius 1 is 1.08 bits per heavy atom. The van der Waals surface area contributed by atoms with Gasteiger partial charge in [0, 0.05) is 49.9 Å². The number of nitrogens with zero attached hydrogens (tertiary/aromatic N) is 1. The predicted octanol–water partition coefficient (Wildman–Crippen LogP) is 2.56. The molecule has 0 saturated carbocycles. The molecule has 0 radical (unpaired) electrons. The zero-order valence-corrected chi connectivity index (χ0v) is 21.2. The minimum atomic E-state index is -1.31. The summed E-state index contributed by atoms with van der Waals surface area (Å²) in [6.45, 7) is 0.186. The predicted molar refractivity (Wildman–Crippen MR) is 135 cm³/mol. The maximum atomic E-state index is 13.8. The van der Waals surface area contributed by atoms with E-state index in [0.717, 1.165) is 5.56 Å². The number of carbonyl (C=O) groups excluding carboxylic acids is 2. The molecule has 1 saturated heterocycles. The van der Waals surface area contributed by atoms with E-state index < -0.39 is 18.1 Å². The maximum absolute atomic E-state index is 13.8. The van der Waals surface area contributed by atoms with Crippen molar-refractivity contribution >= 4 is 29.1 Å². The molecule has 0 unspecified atom stereocenters. The zero-order valence-electron chi connectivity index (χ0n) is 20.4. The first-order valence-corrected chi connectivity index (χ1v) is 11.6. The van der Waals surface area contributed by atoms with Crippen LogP contribution < -0.4 is 24.4 Å². The van der Waals surface area contributed by atoms with Crippen molar-refractivity contribution in [1.29, 1.82) is 0 Å². The van der Waals surface area contributed by atoms with Gasteiger partial charge in [-0.15, -0.1) is 0 Å². The van der Waals surface area contributed by atoms with Crippen molar-refractivity contribution in [2.24, 2.45) is 0 Å². The number of nitrogens with one attached hydrogen (secondary N) is 1. The van der Waals surface area contributed by atoms with Gasteiger partial charge in [0.1, 0.15) is 29.4 Å². The zero-order chi connectivity index (χ0) is 26.1. The van der Waals surface area contributed by atoms with Crippen molar-refractivity contribution in [3.8, 4) is 29.1 Å². The molecule has 0 aromatic heterocycles. The minimum absolute atomic E-state index is 0.155. The lowest BCUT2D eigenvalue weighted by molar-refractivity contribution is -0.133. The normalized spacial score (nSPS) is 14.1. The molecule has 36 heavy (non-hydrogen) atoms. The largest absolute Gasteiger partial charge is 0.497 e. The Morgan fingerprint density at radius 3 is 2.42 bits per heavy atom. The molecule has 0 spiro atoms. The van der Waals surface area contributed by atoms with E-state index in [9.17, 15) is 9.59 Å². The standard InChI is InChI=1S/C26H29ClN2O7/c1-33-20-8-6-18(23(16-20)35-3)17-28-25(32)26(10-13-36-14-11-26)29(24(31)5-4-12-30)19-7-9-22(34-2)21(27)15-19/h6-9,15-16,30H,10-14,17H2,1-3H3,(H,28,32). The van der Waals surface area contributed by atoms with E-state index in [2.05, 4.69) is 17.2 Å². The third-order valence-electron chi connectivity index (χ3n) is 5.98. The molecule has 3 rings (SSSR count). The van der Waals surface area contributed by atoms with Crippen LogP contribution in [0.3, 0.4) is 0 Å². The molecule has 1 heterocycles. The monoisotopic (exact) mass is 516 g/mol. The van der Waals surface area contributed by atoms with Gasteiger partial charge in [-0.25, -0.2) is 0 Å². The molecule has 10 heteroatoms. The van der Waals surface area contributed by atoms with E-state index in [1.54, 1.807) is 43.5 Å². The topological polar surface area (TPSA) is 107 Å². The Bertz CT molecular complexity index is 1150.